The molecule has 0 spiro atoms. The van der Waals surface area contributed by atoms with Crippen LogP contribution >= 0.6 is 0 Å². The number of likely N-dealkylation sites (tertiary alicyclic amines) is 1. The first-order valence-electron chi connectivity index (χ1n) is 13.1. The van der Waals surface area contributed by atoms with E-state index in [-0.39, 0.29) is 22.6 Å². The predicted molar refractivity (Wildman–Crippen MR) is 144 cm³/mol. The highest BCUT2D eigenvalue weighted by Crippen LogP contribution is 2.39. The molecule has 2 saturated heterocycles. The lowest BCUT2D eigenvalue weighted by Gasteiger charge is -2.29. The van der Waals surface area contributed by atoms with Gasteiger partial charge in [-0.3, -0.25) is 14.5 Å². The quantitative estimate of drug-likeness (QED) is 0.271. The summed E-state index contributed by atoms with van der Waals surface area (Å²) in [6.45, 7) is 7.98. The van der Waals surface area contributed by atoms with Crippen molar-refractivity contribution in [2.24, 2.45) is 0 Å². The lowest BCUT2D eigenvalue weighted by Crippen LogP contribution is -2.38. The van der Waals surface area contributed by atoms with Gasteiger partial charge in [0.15, 0.2) is 0 Å². The summed E-state index contributed by atoms with van der Waals surface area (Å²) in [5.74, 6) is -2.46. The molecule has 2 heterocycles. The van der Waals surface area contributed by atoms with E-state index in [1.165, 1.54) is 57.7 Å². The fourth-order valence-electron chi connectivity index (χ4n) is 5.04. The molecule has 9 nitrogen and oxygen atoms in total. The molecule has 0 aliphatic carbocycles. The third kappa shape index (κ3) is 6.06. The Kier molecular flexibility index (Phi) is 9.16. The summed E-state index contributed by atoms with van der Waals surface area (Å²) in [7, 11) is -3.71. The van der Waals surface area contributed by atoms with Gasteiger partial charge in [-0.2, -0.15) is 4.31 Å². The van der Waals surface area contributed by atoms with E-state index < -0.39 is 39.3 Å². The summed E-state index contributed by atoms with van der Waals surface area (Å²) in [5.41, 5.74) is 0.577. The third-order valence-electron chi connectivity index (χ3n) is 7.17. The van der Waals surface area contributed by atoms with Crippen molar-refractivity contribution in [2.75, 3.05) is 52.5 Å². The van der Waals surface area contributed by atoms with Gasteiger partial charge < -0.3 is 14.7 Å². The Morgan fingerprint density at radius 2 is 1.62 bits per heavy atom. The molecular formula is C28H34FN3O6S. The number of aliphatic hydroxyl groups excluding tert-OH is 1. The second-order valence-electron chi connectivity index (χ2n) is 9.47. The Morgan fingerprint density at radius 3 is 2.21 bits per heavy atom. The zero-order chi connectivity index (χ0) is 28.2. The molecule has 1 N–H and O–H groups in total. The summed E-state index contributed by atoms with van der Waals surface area (Å²) in [6.07, 6.45) is 0.600. The number of benzene rings is 2. The van der Waals surface area contributed by atoms with E-state index in [1.54, 1.807) is 13.8 Å². The number of ether oxygens (including phenoxy) is 1. The van der Waals surface area contributed by atoms with Gasteiger partial charge in [-0.15, -0.1) is 0 Å². The van der Waals surface area contributed by atoms with Gasteiger partial charge in [-0.1, -0.05) is 26.0 Å². The van der Waals surface area contributed by atoms with Crippen LogP contribution in [0.4, 0.5) is 4.39 Å². The minimum atomic E-state index is -3.71. The van der Waals surface area contributed by atoms with Gasteiger partial charge in [-0.25, -0.2) is 12.8 Å². The predicted octanol–water partition coefficient (Wildman–Crippen LogP) is 3.00. The number of carbonyl (C=O) groups excluding carboxylic acids is 2. The Hall–Kier alpha value is -3.12. The minimum absolute atomic E-state index is 0.0569. The maximum Gasteiger partial charge on any atom is 0.295 e. The number of carbonyl (C=O) groups is 2. The summed E-state index contributed by atoms with van der Waals surface area (Å²) < 4.78 is 46.1. The van der Waals surface area contributed by atoms with Crippen LogP contribution in [0.25, 0.3) is 5.76 Å². The highest BCUT2D eigenvalue weighted by molar-refractivity contribution is 7.89. The number of halogens is 1. The molecule has 0 aromatic heterocycles. The van der Waals surface area contributed by atoms with Crippen molar-refractivity contribution in [3.63, 3.8) is 0 Å². The van der Waals surface area contributed by atoms with Crippen LogP contribution in [0.5, 0.6) is 0 Å². The molecule has 1 amide bonds. The molecule has 1 atom stereocenters. The number of Topliss-reactive ketones (excluding diaryl/α,β-unsaturated/α-hetero) is 1. The molecular weight excluding hydrogens is 525 g/mol. The zero-order valence-electron chi connectivity index (χ0n) is 22.2. The molecule has 0 bridgehead atoms. The van der Waals surface area contributed by atoms with Gasteiger partial charge in [-0.05, 0) is 48.4 Å². The molecule has 4 rings (SSSR count). The van der Waals surface area contributed by atoms with Gasteiger partial charge in [0, 0.05) is 44.8 Å². The average molecular weight is 560 g/mol. The third-order valence-corrected chi connectivity index (χ3v) is 9.24. The molecule has 2 aromatic carbocycles. The fourth-order valence-corrected chi connectivity index (χ4v) is 6.50. The van der Waals surface area contributed by atoms with E-state index in [9.17, 15) is 27.5 Å². The standard InChI is InChI=1S/C28H34FN3O6S/c1-3-31(4-2)39(36,37)23-12-8-21(9-13-23)26(33)24-25(20-6-10-22(29)11-7-20)32(28(35)27(24)34)15-5-14-30-16-18-38-19-17-30/h6-13,25,33H,3-5,14-19H2,1-2H3/b26-24+. The number of nitrogens with zero attached hydrogens (tertiary/aromatic N) is 3. The second-order valence-corrected chi connectivity index (χ2v) is 11.4. The second kappa shape index (κ2) is 12.4. The first kappa shape index (κ1) is 28.9. The number of morpholine rings is 1. The summed E-state index contributed by atoms with van der Waals surface area (Å²) in [6, 6.07) is 10.1. The smallest absolute Gasteiger partial charge is 0.295 e. The van der Waals surface area contributed by atoms with Crippen LogP contribution < -0.4 is 0 Å². The van der Waals surface area contributed by atoms with E-state index in [0.29, 0.717) is 44.8 Å². The largest absolute Gasteiger partial charge is 0.507 e. The highest BCUT2D eigenvalue weighted by Gasteiger charge is 2.45. The van der Waals surface area contributed by atoms with E-state index in [2.05, 4.69) is 4.90 Å². The number of ketones is 1. The van der Waals surface area contributed by atoms with E-state index in [1.807, 2.05) is 0 Å². The summed E-state index contributed by atoms with van der Waals surface area (Å²) >= 11 is 0. The average Bonchev–Trinajstić information content (AvgIpc) is 3.19. The van der Waals surface area contributed by atoms with E-state index in [0.717, 1.165) is 13.1 Å². The number of amides is 1. The number of sulfonamides is 1. The highest BCUT2D eigenvalue weighted by atomic mass is 32.2. The lowest BCUT2D eigenvalue weighted by atomic mass is 9.95. The molecule has 1 unspecified atom stereocenters. The molecule has 2 aliphatic heterocycles. The fraction of sp³-hybridized carbons (Fsp3) is 0.429. The monoisotopic (exact) mass is 559 g/mol. The van der Waals surface area contributed by atoms with Crippen molar-refractivity contribution in [3.8, 4) is 0 Å². The summed E-state index contributed by atoms with van der Waals surface area (Å²) in [5, 5.41) is 11.3. The van der Waals surface area contributed by atoms with Crippen LogP contribution in [0.1, 0.15) is 37.4 Å². The van der Waals surface area contributed by atoms with E-state index in [4.69, 9.17) is 4.74 Å². The Morgan fingerprint density at radius 1 is 1.00 bits per heavy atom. The van der Waals surface area contributed by atoms with Crippen molar-refractivity contribution in [1.29, 1.82) is 0 Å². The zero-order valence-corrected chi connectivity index (χ0v) is 23.0. The first-order chi connectivity index (χ1) is 18.7. The van der Waals surface area contributed by atoms with Crippen LogP contribution in [-0.4, -0.2) is 91.8 Å². The molecule has 0 radical (unpaired) electrons. The molecule has 2 fully saturated rings. The Bertz CT molecular complexity index is 1320. The lowest BCUT2D eigenvalue weighted by molar-refractivity contribution is -0.140. The maximum absolute atomic E-state index is 13.7. The number of hydrogen-bond acceptors (Lipinski definition) is 7. The van der Waals surface area contributed by atoms with Crippen LogP contribution in [-0.2, 0) is 24.3 Å². The van der Waals surface area contributed by atoms with Gasteiger partial charge >= 0.3 is 0 Å². The van der Waals surface area contributed by atoms with Crippen LogP contribution in [0, 0.1) is 5.82 Å². The van der Waals surface area contributed by atoms with Gasteiger partial charge in [0.25, 0.3) is 11.7 Å². The van der Waals surface area contributed by atoms with Crippen molar-refractivity contribution < 1.29 is 32.2 Å². The summed E-state index contributed by atoms with van der Waals surface area (Å²) in [4.78, 5) is 30.1. The molecule has 210 valence electrons. The molecule has 11 heteroatoms. The number of rotatable bonds is 10. The van der Waals surface area contributed by atoms with Gasteiger partial charge in [0.2, 0.25) is 10.0 Å². The molecule has 2 aliphatic rings. The topological polar surface area (TPSA) is 107 Å². The SMILES string of the molecule is CCN(CC)S(=O)(=O)c1ccc(/C(O)=C2\C(=O)C(=O)N(CCCN3CCOCC3)C2c2ccc(F)cc2)cc1. The van der Waals surface area contributed by atoms with Gasteiger partial charge in [0.05, 0.1) is 29.7 Å². The molecule has 0 saturated carbocycles. The Balaban J connectivity index is 1.67. The van der Waals surface area contributed by atoms with Crippen LogP contribution in [0.2, 0.25) is 0 Å². The van der Waals surface area contributed by atoms with E-state index >= 15 is 0 Å². The number of hydrogen-bond donors (Lipinski definition) is 1. The number of aliphatic hydroxyl groups is 1. The van der Waals surface area contributed by atoms with Crippen molar-refractivity contribution in [2.45, 2.75) is 31.2 Å². The minimum Gasteiger partial charge on any atom is -0.507 e. The molecule has 39 heavy (non-hydrogen) atoms. The van der Waals surface area contributed by atoms with Crippen LogP contribution in [0.15, 0.2) is 59.0 Å². The van der Waals surface area contributed by atoms with Crippen molar-refractivity contribution in [1.82, 2.24) is 14.1 Å². The maximum atomic E-state index is 13.7. The molecule has 2 aromatic rings. The van der Waals surface area contributed by atoms with Crippen LogP contribution in [0.3, 0.4) is 0 Å². The first-order valence-corrected chi connectivity index (χ1v) is 14.6. The van der Waals surface area contributed by atoms with Crippen molar-refractivity contribution in [3.05, 3.63) is 71.0 Å². The van der Waals surface area contributed by atoms with Gasteiger partial charge in [0.1, 0.15) is 11.6 Å². The van der Waals surface area contributed by atoms with Crippen molar-refractivity contribution >= 4 is 27.5 Å². The Labute approximate surface area is 228 Å². The normalized spacial score (nSPS) is 20.2.